The number of carbonyl (C=O) groups excluding carboxylic acids is 1. The summed E-state index contributed by atoms with van der Waals surface area (Å²) in [7, 11) is 0. The summed E-state index contributed by atoms with van der Waals surface area (Å²) in [6.07, 6.45) is 3.07. The van der Waals surface area contributed by atoms with E-state index in [1.165, 1.54) is 35.1 Å². The Hall–Kier alpha value is -2.77. The van der Waals surface area contributed by atoms with Crippen molar-refractivity contribution in [1.82, 2.24) is 9.78 Å². The molecule has 5 nitrogen and oxygen atoms in total. The van der Waals surface area contributed by atoms with Gasteiger partial charge >= 0.3 is 0 Å². The van der Waals surface area contributed by atoms with Crippen molar-refractivity contribution in [2.45, 2.75) is 13.2 Å². The minimum absolute atomic E-state index is 0.129. The predicted molar refractivity (Wildman–Crippen MR) is 133 cm³/mol. The van der Waals surface area contributed by atoms with Gasteiger partial charge in [-0.3, -0.25) is 9.48 Å². The van der Waals surface area contributed by atoms with E-state index in [1.54, 1.807) is 30.5 Å². The van der Waals surface area contributed by atoms with Crippen LogP contribution in [0.4, 0.5) is 10.1 Å². The summed E-state index contributed by atoms with van der Waals surface area (Å²) in [5, 5.41) is 8.23. The minimum Gasteiger partial charge on any atom is -0.486 e. The van der Waals surface area contributed by atoms with E-state index in [-0.39, 0.29) is 19.1 Å². The van der Waals surface area contributed by atoms with Crippen LogP contribution in [0.2, 0.25) is 20.1 Å². The van der Waals surface area contributed by atoms with Crippen molar-refractivity contribution in [3.63, 3.8) is 0 Å². The van der Waals surface area contributed by atoms with E-state index < -0.39 is 5.82 Å². The average molecular weight is 539 g/mol. The van der Waals surface area contributed by atoms with Crippen LogP contribution in [0.1, 0.15) is 21.5 Å². The van der Waals surface area contributed by atoms with E-state index in [4.69, 9.17) is 51.1 Å². The van der Waals surface area contributed by atoms with Gasteiger partial charge in [-0.2, -0.15) is 5.10 Å². The first-order chi connectivity index (χ1) is 16.3. The van der Waals surface area contributed by atoms with E-state index in [2.05, 4.69) is 10.4 Å². The quantitative estimate of drug-likeness (QED) is 0.265. The first kappa shape index (κ1) is 24.4. The third-order valence-corrected chi connectivity index (χ3v) is 5.94. The molecule has 0 radical (unpaired) electrons. The van der Waals surface area contributed by atoms with Gasteiger partial charge in [0.1, 0.15) is 12.4 Å². The number of hydrogen-bond donors (Lipinski definition) is 1. The lowest BCUT2D eigenvalue weighted by Crippen LogP contribution is -2.12. The Morgan fingerprint density at radius 3 is 2.47 bits per heavy atom. The van der Waals surface area contributed by atoms with Crippen molar-refractivity contribution >= 4 is 58.0 Å². The molecule has 10 heteroatoms. The number of carbonyl (C=O) groups is 1. The second-order valence-electron chi connectivity index (χ2n) is 7.27. The topological polar surface area (TPSA) is 56.2 Å². The molecule has 0 saturated carbocycles. The number of benzene rings is 3. The van der Waals surface area contributed by atoms with Gasteiger partial charge in [-0.15, -0.1) is 0 Å². The van der Waals surface area contributed by atoms with Crippen molar-refractivity contribution < 1.29 is 13.9 Å². The fourth-order valence-corrected chi connectivity index (χ4v) is 4.34. The SMILES string of the molecule is O=C(Nc1cnn(Cc2c(F)cccc2Cl)c1)c1cccc(COc2c(Cl)cc(Cl)cc2Cl)c1. The fourth-order valence-electron chi connectivity index (χ4n) is 3.19. The van der Waals surface area contributed by atoms with Crippen molar-refractivity contribution in [2.24, 2.45) is 0 Å². The van der Waals surface area contributed by atoms with Crippen LogP contribution >= 0.6 is 46.4 Å². The van der Waals surface area contributed by atoms with Crippen LogP contribution in [-0.4, -0.2) is 15.7 Å². The molecule has 174 valence electrons. The molecular weight excluding hydrogens is 523 g/mol. The molecule has 0 aliphatic heterocycles. The summed E-state index contributed by atoms with van der Waals surface area (Å²) >= 11 is 24.3. The van der Waals surface area contributed by atoms with Gasteiger partial charge in [0, 0.05) is 27.4 Å². The average Bonchev–Trinajstić information content (AvgIpc) is 3.22. The zero-order valence-corrected chi connectivity index (χ0v) is 20.4. The zero-order valence-electron chi connectivity index (χ0n) is 17.4. The van der Waals surface area contributed by atoms with E-state index in [9.17, 15) is 9.18 Å². The molecule has 0 spiro atoms. The summed E-state index contributed by atoms with van der Waals surface area (Å²) in [5.41, 5.74) is 1.93. The van der Waals surface area contributed by atoms with Crippen molar-refractivity contribution in [3.8, 4) is 5.75 Å². The lowest BCUT2D eigenvalue weighted by atomic mass is 10.1. The molecule has 1 N–H and O–H groups in total. The second kappa shape index (κ2) is 10.7. The summed E-state index contributed by atoms with van der Waals surface area (Å²) in [6.45, 7) is 0.271. The molecule has 3 aromatic carbocycles. The van der Waals surface area contributed by atoms with Gasteiger partial charge < -0.3 is 10.1 Å². The molecule has 0 bridgehead atoms. The molecule has 1 heterocycles. The minimum atomic E-state index is -0.422. The van der Waals surface area contributed by atoms with Gasteiger partial charge in [-0.05, 0) is 42.0 Å². The molecule has 4 aromatic rings. The molecule has 0 saturated heterocycles. The first-order valence-corrected chi connectivity index (χ1v) is 11.4. The lowest BCUT2D eigenvalue weighted by Gasteiger charge is -2.11. The van der Waals surface area contributed by atoms with Crippen LogP contribution < -0.4 is 10.1 Å². The summed E-state index contributed by atoms with van der Waals surface area (Å²) in [6, 6.07) is 14.5. The number of nitrogens with one attached hydrogen (secondary N) is 1. The zero-order chi connectivity index (χ0) is 24.2. The van der Waals surface area contributed by atoms with Gasteiger partial charge in [0.05, 0.1) is 28.5 Å². The summed E-state index contributed by atoms with van der Waals surface area (Å²) in [4.78, 5) is 12.7. The van der Waals surface area contributed by atoms with Gasteiger partial charge in [-0.1, -0.05) is 64.6 Å². The van der Waals surface area contributed by atoms with E-state index in [0.29, 0.717) is 42.7 Å². The van der Waals surface area contributed by atoms with Gasteiger partial charge in [0.2, 0.25) is 0 Å². The molecule has 4 rings (SSSR count). The molecule has 34 heavy (non-hydrogen) atoms. The lowest BCUT2D eigenvalue weighted by molar-refractivity contribution is 0.102. The van der Waals surface area contributed by atoms with Crippen molar-refractivity contribution in [1.29, 1.82) is 0 Å². The Bertz CT molecular complexity index is 1320. The summed E-state index contributed by atoms with van der Waals surface area (Å²) < 4.78 is 21.2. The second-order valence-corrected chi connectivity index (χ2v) is 8.93. The number of amides is 1. The van der Waals surface area contributed by atoms with Crippen molar-refractivity contribution in [3.05, 3.63) is 110 Å². The van der Waals surface area contributed by atoms with Crippen LogP contribution in [0.3, 0.4) is 0 Å². The number of nitrogens with zero attached hydrogens (tertiary/aromatic N) is 2. The molecular formula is C24H16Cl4FN3O2. The Morgan fingerprint density at radius 2 is 1.74 bits per heavy atom. The highest BCUT2D eigenvalue weighted by Gasteiger charge is 2.13. The van der Waals surface area contributed by atoms with E-state index in [1.807, 2.05) is 6.07 Å². The Balaban J connectivity index is 1.41. The predicted octanol–water partition coefficient (Wildman–Crippen LogP) is 7.52. The van der Waals surface area contributed by atoms with E-state index in [0.717, 1.165) is 5.56 Å². The van der Waals surface area contributed by atoms with Crippen LogP contribution in [-0.2, 0) is 13.2 Å². The molecule has 0 unspecified atom stereocenters. The number of halogens is 5. The third-order valence-electron chi connectivity index (χ3n) is 4.81. The fraction of sp³-hybridized carbons (Fsp3) is 0.0833. The molecule has 0 atom stereocenters. The molecule has 0 fully saturated rings. The Morgan fingerprint density at radius 1 is 1.00 bits per heavy atom. The standard InChI is InChI=1S/C24H16Cl4FN3O2/c25-16-8-20(27)23(21(28)9-16)34-13-14-3-1-4-15(7-14)24(33)31-17-10-30-32(11-17)12-18-19(26)5-2-6-22(18)29/h1-11H,12-13H2,(H,31,33). The maximum absolute atomic E-state index is 14.0. The van der Waals surface area contributed by atoms with Crippen LogP contribution in [0.5, 0.6) is 5.75 Å². The highest BCUT2D eigenvalue weighted by Crippen LogP contribution is 2.36. The maximum atomic E-state index is 14.0. The highest BCUT2D eigenvalue weighted by molar-refractivity contribution is 6.40. The molecule has 1 aromatic heterocycles. The maximum Gasteiger partial charge on any atom is 0.255 e. The van der Waals surface area contributed by atoms with Gasteiger partial charge in [0.15, 0.2) is 5.75 Å². The van der Waals surface area contributed by atoms with Gasteiger partial charge in [-0.25, -0.2) is 4.39 Å². The van der Waals surface area contributed by atoms with Crippen LogP contribution in [0.15, 0.2) is 67.0 Å². The monoisotopic (exact) mass is 537 g/mol. The number of anilines is 1. The number of ether oxygens (including phenoxy) is 1. The third kappa shape index (κ3) is 5.83. The van der Waals surface area contributed by atoms with E-state index >= 15 is 0 Å². The highest BCUT2D eigenvalue weighted by atomic mass is 35.5. The van der Waals surface area contributed by atoms with Crippen molar-refractivity contribution in [2.75, 3.05) is 5.32 Å². The molecule has 1 amide bonds. The van der Waals surface area contributed by atoms with Crippen LogP contribution in [0, 0.1) is 5.82 Å². The molecule has 0 aliphatic carbocycles. The molecule has 0 aliphatic rings. The normalized spacial score (nSPS) is 10.9. The number of rotatable bonds is 7. The Kier molecular flexibility index (Phi) is 7.63. The van der Waals surface area contributed by atoms with Crippen LogP contribution in [0.25, 0.3) is 0 Å². The number of aromatic nitrogens is 2. The van der Waals surface area contributed by atoms with Gasteiger partial charge in [0.25, 0.3) is 5.91 Å². The smallest absolute Gasteiger partial charge is 0.255 e. The largest absolute Gasteiger partial charge is 0.486 e. The number of hydrogen-bond acceptors (Lipinski definition) is 3. The first-order valence-electron chi connectivity index (χ1n) is 9.93. The Labute approximate surface area is 215 Å². The summed E-state index contributed by atoms with van der Waals surface area (Å²) in [5.74, 6) is -0.452.